The lowest BCUT2D eigenvalue weighted by Crippen LogP contribution is -2.28. The Morgan fingerprint density at radius 1 is 1.22 bits per heavy atom. The van der Waals surface area contributed by atoms with Crippen LogP contribution >= 0.6 is 11.6 Å². The van der Waals surface area contributed by atoms with Crippen LogP contribution in [-0.4, -0.2) is 38.9 Å². The second-order valence-corrected chi connectivity index (χ2v) is 7.12. The van der Waals surface area contributed by atoms with Crippen LogP contribution in [0.3, 0.4) is 0 Å². The zero-order valence-electron chi connectivity index (χ0n) is 14.6. The maximum Gasteiger partial charge on any atom is 0.276 e. The molecule has 1 saturated heterocycles. The van der Waals surface area contributed by atoms with Gasteiger partial charge >= 0.3 is 0 Å². The van der Waals surface area contributed by atoms with Crippen LogP contribution in [0, 0.1) is 5.82 Å². The van der Waals surface area contributed by atoms with Gasteiger partial charge in [0.25, 0.3) is 5.91 Å². The summed E-state index contributed by atoms with van der Waals surface area (Å²) >= 11 is 6.07. The SMILES string of the molecule is O=C(c1cn(Cc2ccccc2F)nn1)N1CC[C@@H](c2cccc(Cl)c2)C1. The second-order valence-electron chi connectivity index (χ2n) is 6.68. The number of nitrogens with zero attached hydrogens (tertiary/aromatic N) is 4. The number of carbonyl (C=O) groups excluding carboxylic acids is 1. The summed E-state index contributed by atoms with van der Waals surface area (Å²) in [5.74, 6) is -0.190. The Kier molecular flexibility index (Phi) is 4.90. The monoisotopic (exact) mass is 384 g/mol. The van der Waals surface area contributed by atoms with Crippen molar-refractivity contribution in [2.45, 2.75) is 18.9 Å². The molecule has 1 aromatic heterocycles. The van der Waals surface area contributed by atoms with Crippen LogP contribution in [0.4, 0.5) is 4.39 Å². The molecule has 0 bridgehead atoms. The second kappa shape index (κ2) is 7.48. The summed E-state index contributed by atoms with van der Waals surface area (Å²) in [6.45, 7) is 1.52. The van der Waals surface area contributed by atoms with Crippen molar-refractivity contribution in [1.29, 1.82) is 0 Å². The Bertz CT molecular complexity index is 974. The van der Waals surface area contributed by atoms with Crippen LogP contribution in [0.1, 0.15) is 34.0 Å². The number of halogens is 2. The van der Waals surface area contributed by atoms with Crippen LogP contribution in [0.15, 0.2) is 54.7 Å². The van der Waals surface area contributed by atoms with E-state index in [1.165, 1.54) is 10.7 Å². The summed E-state index contributed by atoms with van der Waals surface area (Å²) in [5.41, 5.74) is 1.92. The number of rotatable bonds is 4. The quantitative estimate of drug-likeness (QED) is 0.688. The molecule has 1 aliphatic heterocycles. The Labute approximate surface area is 161 Å². The van der Waals surface area contributed by atoms with Crippen molar-refractivity contribution in [2.75, 3.05) is 13.1 Å². The van der Waals surface area contributed by atoms with E-state index in [9.17, 15) is 9.18 Å². The highest BCUT2D eigenvalue weighted by atomic mass is 35.5. The highest BCUT2D eigenvalue weighted by Gasteiger charge is 2.29. The van der Waals surface area contributed by atoms with Crippen molar-refractivity contribution in [2.24, 2.45) is 0 Å². The standard InChI is InChI=1S/C20H18ClFN4O/c21-17-6-3-5-14(10-17)15-8-9-25(11-15)20(27)19-13-26(24-23-19)12-16-4-1-2-7-18(16)22/h1-7,10,13,15H,8-9,11-12H2/t15-/m1/s1. The van der Waals surface area contributed by atoms with E-state index in [4.69, 9.17) is 11.6 Å². The number of carbonyl (C=O) groups is 1. The maximum atomic E-state index is 13.8. The number of amides is 1. The molecule has 27 heavy (non-hydrogen) atoms. The van der Waals surface area contributed by atoms with Crippen molar-refractivity contribution >= 4 is 17.5 Å². The number of aromatic nitrogens is 3. The Balaban J connectivity index is 1.43. The van der Waals surface area contributed by atoms with Crippen molar-refractivity contribution in [3.05, 3.63) is 82.4 Å². The zero-order chi connectivity index (χ0) is 18.8. The van der Waals surface area contributed by atoms with Gasteiger partial charge in [0.15, 0.2) is 5.69 Å². The van der Waals surface area contributed by atoms with Gasteiger partial charge in [0.05, 0.1) is 12.7 Å². The number of hydrogen-bond donors (Lipinski definition) is 0. The zero-order valence-corrected chi connectivity index (χ0v) is 15.3. The van der Waals surface area contributed by atoms with Crippen LogP contribution < -0.4 is 0 Å². The lowest BCUT2D eigenvalue weighted by atomic mass is 9.99. The molecule has 0 N–H and O–H groups in total. The lowest BCUT2D eigenvalue weighted by Gasteiger charge is -2.15. The average Bonchev–Trinajstić information content (AvgIpc) is 3.33. The largest absolute Gasteiger partial charge is 0.337 e. The van der Waals surface area contributed by atoms with Crippen LogP contribution in [0.25, 0.3) is 0 Å². The van der Waals surface area contributed by atoms with Crippen LogP contribution in [0.2, 0.25) is 5.02 Å². The van der Waals surface area contributed by atoms with Gasteiger partial charge in [0.2, 0.25) is 0 Å². The van der Waals surface area contributed by atoms with Crippen molar-refractivity contribution < 1.29 is 9.18 Å². The third-order valence-electron chi connectivity index (χ3n) is 4.84. The highest BCUT2D eigenvalue weighted by Crippen LogP contribution is 2.29. The molecule has 0 aliphatic carbocycles. The third-order valence-corrected chi connectivity index (χ3v) is 5.08. The average molecular weight is 385 g/mol. The molecule has 4 rings (SSSR count). The fourth-order valence-electron chi connectivity index (χ4n) is 3.41. The molecule has 0 unspecified atom stereocenters. The van der Waals surface area contributed by atoms with Crippen molar-refractivity contribution in [3.63, 3.8) is 0 Å². The van der Waals surface area contributed by atoms with E-state index < -0.39 is 0 Å². The molecule has 1 atom stereocenters. The van der Waals surface area contributed by atoms with E-state index >= 15 is 0 Å². The van der Waals surface area contributed by atoms with Gasteiger partial charge in [-0.25, -0.2) is 9.07 Å². The normalized spacial score (nSPS) is 16.7. The van der Waals surface area contributed by atoms with Crippen LogP contribution in [0.5, 0.6) is 0 Å². The van der Waals surface area contributed by atoms with Crippen molar-refractivity contribution in [1.82, 2.24) is 19.9 Å². The summed E-state index contributed by atoms with van der Waals surface area (Å²) in [7, 11) is 0. The molecule has 2 heterocycles. The van der Waals surface area contributed by atoms with Gasteiger partial charge in [-0.15, -0.1) is 5.10 Å². The number of likely N-dealkylation sites (tertiary alicyclic amines) is 1. The summed E-state index contributed by atoms with van der Waals surface area (Å²) in [5, 5.41) is 8.65. The Morgan fingerprint density at radius 3 is 2.89 bits per heavy atom. The topological polar surface area (TPSA) is 51.0 Å². The molecule has 2 aromatic carbocycles. The summed E-state index contributed by atoms with van der Waals surface area (Å²) in [4.78, 5) is 14.5. The minimum atomic E-state index is -0.301. The summed E-state index contributed by atoms with van der Waals surface area (Å²) in [6, 6.07) is 14.3. The summed E-state index contributed by atoms with van der Waals surface area (Å²) < 4.78 is 15.3. The van der Waals surface area contributed by atoms with Gasteiger partial charge in [-0.3, -0.25) is 4.79 Å². The van der Waals surface area contributed by atoms with Gasteiger partial charge in [-0.1, -0.05) is 47.1 Å². The smallest absolute Gasteiger partial charge is 0.276 e. The van der Waals surface area contributed by atoms with Gasteiger partial charge in [0.1, 0.15) is 5.82 Å². The Morgan fingerprint density at radius 2 is 2.07 bits per heavy atom. The first-order valence-corrected chi connectivity index (χ1v) is 9.16. The minimum absolute atomic E-state index is 0.153. The molecule has 1 aliphatic rings. The first-order valence-electron chi connectivity index (χ1n) is 8.78. The van der Waals surface area contributed by atoms with E-state index in [2.05, 4.69) is 10.3 Å². The van der Waals surface area contributed by atoms with E-state index in [0.29, 0.717) is 23.7 Å². The molecule has 7 heteroatoms. The van der Waals surface area contributed by atoms with E-state index in [1.807, 2.05) is 24.3 Å². The van der Waals surface area contributed by atoms with Gasteiger partial charge in [-0.05, 0) is 30.2 Å². The fraction of sp³-hybridized carbons (Fsp3) is 0.250. The van der Waals surface area contributed by atoms with E-state index in [-0.39, 0.29) is 29.9 Å². The van der Waals surface area contributed by atoms with Gasteiger partial charge < -0.3 is 4.90 Å². The van der Waals surface area contributed by atoms with E-state index in [1.54, 1.807) is 29.3 Å². The van der Waals surface area contributed by atoms with Crippen LogP contribution in [-0.2, 0) is 6.54 Å². The van der Waals surface area contributed by atoms with Gasteiger partial charge in [-0.2, -0.15) is 0 Å². The molecule has 5 nitrogen and oxygen atoms in total. The predicted molar refractivity (Wildman–Crippen MR) is 100 cm³/mol. The molecule has 0 spiro atoms. The number of benzene rings is 2. The first kappa shape index (κ1) is 17.7. The maximum absolute atomic E-state index is 13.8. The molecule has 0 radical (unpaired) electrons. The third kappa shape index (κ3) is 3.85. The minimum Gasteiger partial charge on any atom is -0.337 e. The fourth-order valence-corrected chi connectivity index (χ4v) is 3.61. The predicted octanol–water partition coefficient (Wildman–Crippen LogP) is 3.75. The summed E-state index contributed by atoms with van der Waals surface area (Å²) in [6.07, 6.45) is 2.46. The van der Waals surface area contributed by atoms with Crippen molar-refractivity contribution in [3.8, 4) is 0 Å². The molecule has 1 fully saturated rings. The molecule has 3 aromatic rings. The molecule has 0 saturated carbocycles. The molecular weight excluding hydrogens is 367 g/mol. The number of hydrogen-bond acceptors (Lipinski definition) is 3. The first-order chi connectivity index (χ1) is 13.1. The van der Waals surface area contributed by atoms with Gasteiger partial charge in [0, 0.05) is 29.6 Å². The molecular formula is C20H18ClFN4O. The lowest BCUT2D eigenvalue weighted by molar-refractivity contribution is 0.0785. The highest BCUT2D eigenvalue weighted by molar-refractivity contribution is 6.30. The molecule has 138 valence electrons. The molecule has 1 amide bonds. The van der Waals surface area contributed by atoms with E-state index in [0.717, 1.165) is 12.0 Å². The Hall–Kier alpha value is -2.73.